The topological polar surface area (TPSA) is 52.7 Å². The van der Waals surface area contributed by atoms with E-state index in [0.717, 1.165) is 11.3 Å². The van der Waals surface area contributed by atoms with Gasteiger partial charge in [0.1, 0.15) is 6.33 Å². The molecule has 1 saturated heterocycles. The molecule has 1 aliphatic rings. The zero-order valence-corrected chi connectivity index (χ0v) is 16.2. The SMILES string of the molecule is CC(c1ccc(Cl)cc1)(c1ncn(-c2ccc(Cl)cc2Cl)n1)C1NS1. The van der Waals surface area contributed by atoms with E-state index in [-0.39, 0.29) is 10.8 Å². The standard InChI is InChI=1S/C17H13Cl3N4S/c1-17(16-23-25-16,10-2-4-11(18)5-3-10)15-21-9-24(22-15)14-7-6-12(19)8-13(14)20/h2-9,16,23H,1H3. The van der Waals surface area contributed by atoms with Crippen LogP contribution < -0.4 is 4.72 Å². The first-order valence-electron chi connectivity index (χ1n) is 7.53. The van der Waals surface area contributed by atoms with Gasteiger partial charge in [0.2, 0.25) is 0 Å². The average molecular weight is 412 g/mol. The van der Waals surface area contributed by atoms with Crippen LogP contribution in [-0.4, -0.2) is 20.1 Å². The van der Waals surface area contributed by atoms with Crippen molar-refractivity contribution < 1.29 is 0 Å². The first-order valence-corrected chi connectivity index (χ1v) is 9.54. The van der Waals surface area contributed by atoms with E-state index in [4.69, 9.17) is 39.9 Å². The van der Waals surface area contributed by atoms with Crippen molar-refractivity contribution in [3.8, 4) is 5.69 Å². The fourth-order valence-electron chi connectivity index (χ4n) is 2.75. The summed E-state index contributed by atoms with van der Waals surface area (Å²) in [4.78, 5) is 4.56. The lowest BCUT2D eigenvalue weighted by molar-refractivity contribution is 0.530. The van der Waals surface area contributed by atoms with Crippen molar-refractivity contribution in [3.63, 3.8) is 0 Å². The molecule has 1 aromatic heterocycles. The van der Waals surface area contributed by atoms with Gasteiger partial charge in [-0.25, -0.2) is 14.4 Å². The normalized spacial score (nSPS) is 18.8. The summed E-state index contributed by atoms with van der Waals surface area (Å²) in [7, 11) is 0. The minimum absolute atomic E-state index is 0.199. The zero-order valence-electron chi connectivity index (χ0n) is 13.1. The molecule has 4 nitrogen and oxygen atoms in total. The summed E-state index contributed by atoms with van der Waals surface area (Å²) in [5, 5.41) is 6.70. The molecule has 2 atom stereocenters. The highest BCUT2D eigenvalue weighted by Crippen LogP contribution is 2.45. The number of nitrogens with one attached hydrogen (secondary N) is 1. The molecule has 1 N–H and O–H groups in total. The van der Waals surface area contributed by atoms with Crippen LogP contribution in [0.5, 0.6) is 0 Å². The van der Waals surface area contributed by atoms with Gasteiger partial charge < -0.3 is 0 Å². The van der Waals surface area contributed by atoms with E-state index >= 15 is 0 Å². The van der Waals surface area contributed by atoms with Crippen LogP contribution >= 0.6 is 46.8 Å². The quantitative estimate of drug-likeness (QED) is 0.479. The van der Waals surface area contributed by atoms with Gasteiger partial charge in [0.25, 0.3) is 0 Å². The fraction of sp³-hybridized carbons (Fsp3) is 0.176. The number of aromatic nitrogens is 3. The Labute approximate surface area is 164 Å². The van der Waals surface area contributed by atoms with E-state index in [9.17, 15) is 0 Å². The smallest absolute Gasteiger partial charge is 0.163 e. The van der Waals surface area contributed by atoms with Gasteiger partial charge in [-0.1, -0.05) is 58.9 Å². The summed E-state index contributed by atoms with van der Waals surface area (Å²) < 4.78 is 4.98. The van der Waals surface area contributed by atoms with Crippen molar-refractivity contribution in [1.29, 1.82) is 0 Å². The van der Waals surface area contributed by atoms with Gasteiger partial charge in [-0.3, -0.25) is 0 Å². The van der Waals surface area contributed by atoms with Crippen LogP contribution in [0.4, 0.5) is 0 Å². The maximum Gasteiger partial charge on any atom is 0.163 e. The molecule has 0 radical (unpaired) electrons. The second-order valence-electron chi connectivity index (χ2n) is 5.93. The second kappa shape index (κ2) is 6.49. The van der Waals surface area contributed by atoms with Crippen molar-refractivity contribution >= 4 is 46.8 Å². The number of halogens is 3. The van der Waals surface area contributed by atoms with Crippen LogP contribution in [0, 0.1) is 0 Å². The summed E-state index contributed by atoms with van der Waals surface area (Å²) in [5.41, 5.74) is 1.44. The Morgan fingerprint density at radius 1 is 1.08 bits per heavy atom. The van der Waals surface area contributed by atoms with Crippen LogP contribution in [0.1, 0.15) is 18.3 Å². The Bertz CT molecular complexity index is 924. The number of nitrogens with zero attached hydrogens (tertiary/aromatic N) is 3. The van der Waals surface area contributed by atoms with Gasteiger partial charge in [0, 0.05) is 10.0 Å². The third-order valence-corrected chi connectivity index (χ3v) is 6.05. The summed E-state index contributed by atoms with van der Waals surface area (Å²) in [5.74, 6) is 0.711. The molecular formula is C17H13Cl3N4S. The summed E-state index contributed by atoms with van der Waals surface area (Å²) in [6.07, 6.45) is 1.67. The number of hydrogen-bond donors (Lipinski definition) is 1. The Morgan fingerprint density at radius 2 is 1.76 bits per heavy atom. The van der Waals surface area contributed by atoms with Crippen LogP contribution in [0.25, 0.3) is 5.69 Å². The Balaban J connectivity index is 1.77. The molecule has 0 amide bonds. The van der Waals surface area contributed by atoms with E-state index in [1.807, 2.05) is 30.3 Å². The van der Waals surface area contributed by atoms with Gasteiger partial charge in [-0.15, -0.1) is 0 Å². The molecule has 0 aliphatic carbocycles. The third kappa shape index (κ3) is 3.15. The van der Waals surface area contributed by atoms with E-state index < -0.39 is 0 Å². The van der Waals surface area contributed by atoms with Crippen molar-refractivity contribution in [2.45, 2.75) is 17.7 Å². The summed E-state index contributed by atoms with van der Waals surface area (Å²) in [6, 6.07) is 13.1. The van der Waals surface area contributed by atoms with Crippen LogP contribution in [0.2, 0.25) is 15.1 Å². The molecule has 2 unspecified atom stereocenters. The molecule has 8 heteroatoms. The van der Waals surface area contributed by atoms with Gasteiger partial charge >= 0.3 is 0 Å². The lowest BCUT2D eigenvalue weighted by atomic mass is 9.81. The average Bonchev–Trinajstić information content (AvgIpc) is 3.33. The minimum atomic E-state index is -0.389. The molecule has 0 bridgehead atoms. The molecule has 2 heterocycles. The highest BCUT2D eigenvalue weighted by molar-refractivity contribution is 8.04. The van der Waals surface area contributed by atoms with E-state index in [0.29, 0.717) is 20.9 Å². The molecular weight excluding hydrogens is 399 g/mol. The number of benzene rings is 2. The fourth-order valence-corrected chi connectivity index (χ4v) is 4.15. The maximum absolute atomic E-state index is 6.29. The minimum Gasteiger partial charge on any atom is -0.247 e. The predicted molar refractivity (Wildman–Crippen MR) is 104 cm³/mol. The van der Waals surface area contributed by atoms with E-state index in [1.165, 1.54) is 0 Å². The van der Waals surface area contributed by atoms with Crippen molar-refractivity contribution in [2.24, 2.45) is 0 Å². The van der Waals surface area contributed by atoms with Crippen LogP contribution in [0.15, 0.2) is 48.8 Å². The number of hydrogen-bond acceptors (Lipinski definition) is 4. The lowest BCUT2D eigenvalue weighted by Crippen LogP contribution is -2.33. The molecule has 3 aromatic rings. The Morgan fingerprint density at radius 3 is 2.40 bits per heavy atom. The second-order valence-corrected chi connectivity index (χ2v) is 8.16. The largest absolute Gasteiger partial charge is 0.247 e. The summed E-state index contributed by atoms with van der Waals surface area (Å²) >= 11 is 20.0. The van der Waals surface area contributed by atoms with Crippen molar-refractivity contribution in [2.75, 3.05) is 0 Å². The van der Waals surface area contributed by atoms with Gasteiger partial charge in [0.05, 0.1) is 21.5 Å². The van der Waals surface area contributed by atoms with Gasteiger partial charge in [0.15, 0.2) is 5.82 Å². The molecule has 4 rings (SSSR count). The third-order valence-electron chi connectivity index (χ3n) is 4.32. The monoisotopic (exact) mass is 410 g/mol. The first-order chi connectivity index (χ1) is 12.0. The van der Waals surface area contributed by atoms with Crippen molar-refractivity contribution in [1.82, 2.24) is 19.5 Å². The first kappa shape index (κ1) is 17.2. The molecule has 25 heavy (non-hydrogen) atoms. The molecule has 1 aliphatic heterocycles. The van der Waals surface area contributed by atoms with E-state index in [1.54, 1.807) is 35.1 Å². The van der Waals surface area contributed by atoms with E-state index in [2.05, 4.69) is 16.6 Å². The van der Waals surface area contributed by atoms with Gasteiger partial charge in [-0.2, -0.15) is 5.10 Å². The highest BCUT2D eigenvalue weighted by Gasteiger charge is 2.48. The zero-order chi connectivity index (χ0) is 17.6. The summed E-state index contributed by atoms with van der Waals surface area (Å²) in [6.45, 7) is 2.12. The molecule has 0 spiro atoms. The molecule has 128 valence electrons. The Kier molecular flexibility index (Phi) is 4.46. The molecule has 2 aromatic carbocycles. The predicted octanol–water partition coefficient (Wildman–Crippen LogP) is 5.11. The van der Waals surface area contributed by atoms with Gasteiger partial charge in [-0.05, 0) is 42.8 Å². The van der Waals surface area contributed by atoms with Crippen molar-refractivity contribution in [3.05, 3.63) is 75.2 Å². The Hall–Kier alpha value is -1.24. The van der Waals surface area contributed by atoms with Crippen LogP contribution in [-0.2, 0) is 5.41 Å². The molecule has 1 fully saturated rings. The maximum atomic E-state index is 6.29. The van der Waals surface area contributed by atoms with Crippen LogP contribution in [0.3, 0.4) is 0 Å². The molecule has 0 saturated carbocycles. The highest BCUT2D eigenvalue weighted by atomic mass is 35.5. The number of rotatable bonds is 4. The lowest BCUT2D eigenvalue weighted by Gasteiger charge is -2.25.